The number of unbranched alkanes of at least 4 members (excludes halogenated alkanes) is 1. The van der Waals surface area contributed by atoms with Gasteiger partial charge < -0.3 is 10.5 Å². The summed E-state index contributed by atoms with van der Waals surface area (Å²) in [5.41, 5.74) is 2.85. The van der Waals surface area contributed by atoms with Crippen LogP contribution >= 0.6 is 0 Å². The van der Waals surface area contributed by atoms with Crippen molar-refractivity contribution in [3.8, 4) is 0 Å². The maximum Gasteiger partial charge on any atom is 0.351 e. The molecule has 0 aliphatic heterocycles. The molecule has 0 aromatic carbocycles. The van der Waals surface area contributed by atoms with Gasteiger partial charge in [0.05, 0.1) is 0 Å². The molecule has 0 radical (unpaired) electrons. The quantitative estimate of drug-likeness (QED) is 0.374. The molecule has 4 nitrogen and oxygen atoms in total. The SMILES string of the molecule is CC(=NNCCCCC(C)C)C(=O)O. The number of carboxylic acids is 1. The first-order valence-electron chi connectivity index (χ1n) is 5.04. The number of rotatable bonds is 7. The number of aliphatic carboxylic acids is 1. The van der Waals surface area contributed by atoms with Gasteiger partial charge in [0.15, 0.2) is 0 Å². The number of hydrazone groups is 1. The number of hydrogen-bond acceptors (Lipinski definition) is 3. The molecule has 0 aromatic rings. The van der Waals surface area contributed by atoms with Crippen molar-refractivity contribution in [1.29, 1.82) is 0 Å². The minimum absolute atomic E-state index is 0.105. The molecule has 0 saturated heterocycles. The molecular weight excluding hydrogens is 180 g/mol. The highest BCUT2D eigenvalue weighted by atomic mass is 16.4. The summed E-state index contributed by atoms with van der Waals surface area (Å²) in [7, 11) is 0. The molecule has 0 aliphatic rings. The van der Waals surface area contributed by atoms with Crippen molar-refractivity contribution in [3.63, 3.8) is 0 Å². The van der Waals surface area contributed by atoms with Gasteiger partial charge in [-0.3, -0.25) is 0 Å². The summed E-state index contributed by atoms with van der Waals surface area (Å²) in [6.07, 6.45) is 3.41. The summed E-state index contributed by atoms with van der Waals surface area (Å²) in [6, 6.07) is 0. The van der Waals surface area contributed by atoms with Gasteiger partial charge in [-0.05, 0) is 19.3 Å². The van der Waals surface area contributed by atoms with Crippen molar-refractivity contribution < 1.29 is 9.90 Å². The zero-order valence-corrected chi connectivity index (χ0v) is 9.21. The lowest BCUT2D eigenvalue weighted by molar-refractivity contribution is -0.129. The number of hydrogen-bond donors (Lipinski definition) is 2. The van der Waals surface area contributed by atoms with Crippen molar-refractivity contribution in [1.82, 2.24) is 5.43 Å². The zero-order valence-electron chi connectivity index (χ0n) is 9.21. The minimum atomic E-state index is -0.973. The predicted molar refractivity (Wildman–Crippen MR) is 57.4 cm³/mol. The van der Waals surface area contributed by atoms with Gasteiger partial charge >= 0.3 is 5.97 Å². The van der Waals surface area contributed by atoms with Gasteiger partial charge in [0.2, 0.25) is 0 Å². The van der Waals surface area contributed by atoms with Crippen molar-refractivity contribution in [2.45, 2.75) is 40.0 Å². The Bertz CT molecular complexity index is 200. The van der Waals surface area contributed by atoms with Gasteiger partial charge in [-0.15, -0.1) is 0 Å². The third kappa shape index (κ3) is 7.58. The van der Waals surface area contributed by atoms with Crippen LogP contribution in [0.25, 0.3) is 0 Å². The van der Waals surface area contributed by atoms with E-state index in [-0.39, 0.29) is 5.71 Å². The van der Waals surface area contributed by atoms with Crippen LogP contribution in [0.5, 0.6) is 0 Å². The Kier molecular flexibility index (Phi) is 6.80. The maximum atomic E-state index is 10.3. The van der Waals surface area contributed by atoms with Crippen LogP contribution in [0, 0.1) is 5.92 Å². The summed E-state index contributed by atoms with van der Waals surface area (Å²) >= 11 is 0. The molecule has 0 saturated carbocycles. The second kappa shape index (κ2) is 7.35. The highest BCUT2D eigenvalue weighted by Gasteiger charge is 1.99. The Labute approximate surface area is 85.4 Å². The highest BCUT2D eigenvalue weighted by molar-refractivity contribution is 6.34. The summed E-state index contributed by atoms with van der Waals surface area (Å²) in [4.78, 5) is 10.3. The third-order valence-corrected chi connectivity index (χ3v) is 1.88. The number of carbonyl (C=O) groups is 1. The lowest BCUT2D eigenvalue weighted by Crippen LogP contribution is -2.16. The summed E-state index contributed by atoms with van der Waals surface area (Å²) in [5.74, 6) is -0.237. The molecule has 0 aromatic heterocycles. The Morgan fingerprint density at radius 1 is 1.43 bits per heavy atom. The summed E-state index contributed by atoms with van der Waals surface area (Å²) in [5, 5.41) is 12.2. The molecular formula is C10H20N2O2. The van der Waals surface area contributed by atoms with E-state index in [1.54, 1.807) is 0 Å². The van der Waals surface area contributed by atoms with Gasteiger partial charge in [-0.1, -0.05) is 26.7 Å². The van der Waals surface area contributed by atoms with E-state index >= 15 is 0 Å². The Morgan fingerprint density at radius 3 is 2.57 bits per heavy atom. The van der Waals surface area contributed by atoms with E-state index in [1.165, 1.54) is 13.3 Å². The highest BCUT2D eigenvalue weighted by Crippen LogP contribution is 2.04. The molecule has 0 spiro atoms. The van der Waals surface area contributed by atoms with Crippen LogP contribution in [0.1, 0.15) is 40.0 Å². The molecule has 4 heteroatoms. The van der Waals surface area contributed by atoms with E-state index in [1.807, 2.05) is 0 Å². The van der Waals surface area contributed by atoms with E-state index in [9.17, 15) is 4.79 Å². The molecule has 0 rings (SSSR count). The van der Waals surface area contributed by atoms with Crippen LogP contribution in [0.3, 0.4) is 0 Å². The van der Waals surface area contributed by atoms with Gasteiger partial charge in [0.25, 0.3) is 0 Å². The molecule has 14 heavy (non-hydrogen) atoms. The molecule has 0 unspecified atom stereocenters. The second-order valence-electron chi connectivity index (χ2n) is 3.80. The Morgan fingerprint density at radius 2 is 2.07 bits per heavy atom. The van der Waals surface area contributed by atoms with Crippen molar-refractivity contribution in [2.24, 2.45) is 11.0 Å². The molecule has 0 heterocycles. The van der Waals surface area contributed by atoms with E-state index in [0.717, 1.165) is 25.3 Å². The molecule has 0 bridgehead atoms. The topological polar surface area (TPSA) is 61.7 Å². The standard InChI is InChI=1S/C10H20N2O2/c1-8(2)6-4-5-7-11-12-9(3)10(13)14/h8,11H,4-7H2,1-3H3,(H,13,14). The summed E-state index contributed by atoms with van der Waals surface area (Å²) in [6.45, 7) is 6.61. The fourth-order valence-corrected chi connectivity index (χ4v) is 0.979. The number of nitrogens with zero attached hydrogens (tertiary/aromatic N) is 1. The van der Waals surface area contributed by atoms with Crippen LogP contribution in [0.4, 0.5) is 0 Å². The lowest BCUT2D eigenvalue weighted by Gasteiger charge is -2.04. The smallest absolute Gasteiger partial charge is 0.351 e. The van der Waals surface area contributed by atoms with E-state index in [4.69, 9.17) is 5.11 Å². The Hall–Kier alpha value is -1.06. The third-order valence-electron chi connectivity index (χ3n) is 1.88. The average Bonchev–Trinajstić information content (AvgIpc) is 2.09. The van der Waals surface area contributed by atoms with Gasteiger partial charge in [0, 0.05) is 6.54 Å². The van der Waals surface area contributed by atoms with Crippen LogP contribution in [-0.4, -0.2) is 23.3 Å². The molecule has 82 valence electrons. The average molecular weight is 200 g/mol. The molecule has 2 N–H and O–H groups in total. The minimum Gasteiger partial charge on any atom is -0.477 e. The fraction of sp³-hybridized carbons (Fsp3) is 0.800. The molecule has 0 fully saturated rings. The number of carboxylic acid groups (broad SMARTS) is 1. The Balaban J connectivity index is 3.38. The number of nitrogens with one attached hydrogen (secondary N) is 1. The normalized spacial score (nSPS) is 11.9. The maximum absolute atomic E-state index is 10.3. The summed E-state index contributed by atoms with van der Waals surface area (Å²) < 4.78 is 0. The van der Waals surface area contributed by atoms with E-state index in [2.05, 4.69) is 24.4 Å². The van der Waals surface area contributed by atoms with Crippen molar-refractivity contribution in [3.05, 3.63) is 0 Å². The van der Waals surface area contributed by atoms with Gasteiger partial charge in [-0.2, -0.15) is 5.10 Å². The van der Waals surface area contributed by atoms with Crippen LogP contribution in [0.15, 0.2) is 5.10 Å². The zero-order chi connectivity index (χ0) is 11.0. The van der Waals surface area contributed by atoms with Crippen LogP contribution < -0.4 is 5.43 Å². The van der Waals surface area contributed by atoms with E-state index in [0.29, 0.717) is 0 Å². The lowest BCUT2D eigenvalue weighted by atomic mass is 10.1. The van der Waals surface area contributed by atoms with Crippen molar-refractivity contribution in [2.75, 3.05) is 6.54 Å². The van der Waals surface area contributed by atoms with E-state index < -0.39 is 5.97 Å². The largest absolute Gasteiger partial charge is 0.477 e. The molecule has 0 amide bonds. The fourth-order valence-electron chi connectivity index (χ4n) is 0.979. The first-order chi connectivity index (χ1) is 6.54. The molecule has 0 aliphatic carbocycles. The van der Waals surface area contributed by atoms with Crippen LogP contribution in [0.2, 0.25) is 0 Å². The van der Waals surface area contributed by atoms with Crippen molar-refractivity contribution >= 4 is 11.7 Å². The van der Waals surface area contributed by atoms with Gasteiger partial charge in [-0.25, -0.2) is 4.79 Å². The van der Waals surface area contributed by atoms with Crippen LogP contribution in [-0.2, 0) is 4.79 Å². The predicted octanol–water partition coefficient (Wildman–Crippen LogP) is 1.86. The second-order valence-corrected chi connectivity index (χ2v) is 3.80. The first kappa shape index (κ1) is 12.9. The van der Waals surface area contributed by atoms with Gasteiger partial charge in [0.1, 0.15) is 5.71 Å². The first-order valence-corrected chi connectivity index (χ1v) is 5.04. The molecule has 0 atom stereocenters. The monoisotopic (exact) mass is 200 g/mol.